The van der Waals surface area contributed by atoms with Crippen molar-refractivity contribution in [2.24, 2.45) is 5.73 Å². The first-order valence-electron chi connectivity index (χ1n) is 9.06. The molecule has 0 saturated carbocycles. The maximum absolute atomic E-state index is 12.1. The molecule has 0 aromatic heterocycles. The summed E-state index contributed by atoms with van der Waals surface area (Å²) in [5.74, 6) is -0.887. The Balaban J connectivity index is 1.93. The zero-order valence-electron chi connectivity index (χ0n) is 15.5. The minimum Gasteiger partial charge on any atom is -0.369 e. The Morgan fingerprint density at radius 2 is 1.52 bits per heavy atom. The van der Waals surface area contributed by atoms with Gasteiger partial charge in [-0.3, -0.25) is 20.4 Å². The minimum atomic E-state index is -0.553. The van der Waals surface area contributed by atoms with Gasteiger partial charge < -0.3 is 5.73 Å². The molecule has 0 atom stereocenters. The molecule has 0 unspecified atom stereocenters. The molecule has 0 aliphatic carbocycles. The predicted molar refractivity (Wildman–Crippen MR) is 112 cm³/mol. The number of benzene rings is 2. The molecule has 0 heterocycles. The SMILES string of the molecule is CCCCCc1ccc(-c2ccc(C(=O)NNC(=S)CC(N)=O)cc2)cc1. The summed E-state index contributed by atoms with van der Waals surface area (Å²) in [6.45, 7) is 2.21. The molecule has 0 saturated heterocycles. The fourth-order valence-electron chi connectivity index (χ4n) is 2.66. The van der Waals surface area contributed by atoms with Crippen LogP contribution >= 0.6 is 12.2 Å². The third kappa shape index (κ3) is 6.83. The highest BCUT2D eigenvalue weighted by Gasteiger charge is 2.07. The van der Waals surface area contributed by atoms with Gasteiger partial charge in [0.05, 0.1) is 6.42 Å². The molecule has 4 N–H and O–H groups in total. The smallest absolute Gasteiger partial charge is 0.269 e. The number of aryl methyl sites for hydroxylation is 1. The molecule has 27 heavy (non-hydrogen) atoms. The summed E-state index contributed by atoms with van der Waals surface area (Å²) in [5, 5.41) is 0. The number of rotatable bonds is 8. The molecule has 6 heteroatoms. The van der Waals surface area contributed by atoms with Gasteiger partial charge in [-0.2, -0.15) is 0 Å². The van der Waals surface area contributed by atoms with E-state index in [-0.39, 0.29) is 17.3 Å². The Labute approximate surface area is 165 Å². The van der Waals surface area contributed by atoms with Crippen LogP contribution in [0, 0.1) is 0 Å². The van der Waals surface area contributed by atoms with Gasteiger partial charge in [-0.05, 0) is 41.7 Å². The van der Waals surface area contributed by atoms with Gasteiger partial charge in [-0.1, -0.05) is 68.4 Å². The van der Waals surface area contributed by atoms with Crippen LogP contribution in [-0.2, 0) is 11.2 Å². The molecule has 0 aliphatic heterocycles. The lowest BCUT2D eigenvalue weighted by atomic mass is 10.0. The largest absolute Gasteiger partial charge is 0.369 e. The molecule has 0 spiro atoms. The Bertz CT molecular complexity index is 786. The van der Waals surface area contributed by atoms with Crippen LogP contribution in [0.5, 0.6) is 0 Å². The lowest BCUT2D eigenvalue weighted by molar-refractivity contribution is -0.116. The molecule has 2 rings (SSSR count). The Morgan fingerprint density at radius 1 is 0.926 bits per heavy atom. The normalized spacial score (nSPS) is 10.3. The highest BCUT2D eigenvalue weighted by molar-refractivity contribution is 7.80. The molecule has 0 fully saturated rings. The van der Waals surface area contributed by atoms with Crippen LogP contribution in [0.15, 0.2) is 48.5 Å². The van der Waals surface area contributed by atoms with Crippen LogP contribution in [0.4, 0.5) is 0 Å². The molecule has 0 radical (unpaired) electrons. The van der Waals surface area contributed by atoms with Gasteiger partial charge in [0.15, 0.2) is 0 Å². The maximum atomic E-state index is 12.1. The summed E-state index contributed by atoms with van der Waals surface area (Å²) in [4.78, 5) is 23.0. The number of nitrogens with one attached hydrogen (secondary N) is 2. The molecular weight excluding hydrogens is 358 g/mol. The molecule has 0 aliphatic rings. The van der Waals surface area contributed by atoms with Gasteiger partial charge in [-0.25, -0.2) is 0 Å². The number of hydrogen-bond donors (Lipinski definition) is 3. The molecule has 2 aromatic carbocycles. The van der Waals surface area contributed by atoms with Crippen molar-refractivity contribution in [3.63, 3.8) is 0 Å². The first-order chi connectivity index (χ1) is 13.0. The van der Waals surface area contributed by atoms with E-state index in [2.05, 4.69) is 42.0 Å². The highest BCUT2D eigenvalue weighted by Crippen LogP contribution is 2.21. The van der Waals surface area contributed by atoms with Gasteiger partial charge in [0.2, 0.25) is 5.91 Å². The van der Waals surface area contributed by atoms with Gasteiger partial charge in [-0.15, -0.1) is 0 Å². The van der Waals surface area contributed by atoms with E-state index in [0.717, 1.165) is 17.5 Å². The molecular formula is C21H25N3O2S. The van der Waals surface area contributed by atoms with Crippen LogP contribution < -0.4 is 16.6 Å². The number of carbonyl (C=O) groups excluding carboxylic acids is 2. The van der Waals surface area contributed by atoms with Gasteiger partial charge in [0.1, 0.15) is 4.99 Å². The van der Waals surface area contributed by atoms with Crippen LogP contribution in [0.25, 0.3) is 11.1 Å². The Hall–Kier alpha value is -2.73. The summed E-state index contributed by atoms with van der Waals surface area (Å²) >= 11 is 4.90. The number of nitrogens with two attached hydrogens (primary N) is 1. The number of thiocarbonyl (C=S) groups is 1. The van der Waals surface area contributed by atoms with Crippen molar-refractivity contribution in [1.82, 2.24) is 10.9 Å². The first kappa shape index (κ1) is 20.6. The van der Waals surface area contributed by atoms with E-state index in [9.17, 15) is 9.59 Å². The van der Waals surface area contributed by atoms with E-state index in [0.29, 0.717) is 5.56 Å². The minimum absolute atomic E-state index is 0.108. The van der Waals surface area contributed by atoms with Crippen molar-refractivity contribution < 1.29 is 9.59 Å². The van der Waals surface area contributed by atoms with Crippen LogP contribution in [0.3, 0.4) is 0 Å². The summed E-state index contributed by atoms with van der Waals surface area (Å²) in [6, 6.07) is 15.9. The summed E-state index contributed by atoms with van der Waals surface area (Å²) in [5.41, 5.74) is 14.0. The predicted octanol–water partition coefficient (Wildman–Crippen LogP) is 3.52. The topological polar surface area (TPSA) is 84.2 Å². The second kappa shape index (κ2) is 10.4. The second-order valence-corrected chi connectivity index (χ2v) is 6.87. The van der Waals surface area contributed by atoms with E-state index in [1.54, 1.807) is 12.1 Å². The van der Waals surface area contributed by atoms with E-state index in [1.165, 1.54) is 24.8 Å². The second-order valence-electron chi connectivity index (χ2n) is 6.38. The number of amides is 2. The monoisotopic (exact) mass is 383 g/mol. The summed E-state index contributed by atoms with van der Waals surface area (Å²) < 4.78 is 0. The molecule has 142 valence electrons. The van der Waals surface area contributed by atoms with E-state index < -0.39 is 5.91 Å². The van der Waals surface area contributed by atoms with Crippen molar-refractivity contribution in [2.45, 2.75) is 39.0 Å². The van der Waals surface area contributed by atoms with Crippen molar-refractivity contribution in [3.05, 3.63) is 59.7 Å². The average Bonchev–Trinajstić information content (AvgIpc) is 2.66. The standard InChI is InChI=1S/C21H25N3O2S/c1-2-3-4-5-15-6-8-16(9-7-15)17-10-12-18(13-11-17)21(26)24-23-20(27)14-19(22)25/h6-13H,2-5,14H2,1H3,(H2,22,25)(H,23,27)(H,24,26). The van der Waals surface area contributed by atoms with Crippen molar-refractivity contribution in [3.8, 4) is 11.1 Å². The quantitative estimate of drug-likeness (QED) is 0.370. The van der Waals surface area contributed by atoms with Crippen molar-refractivity contribution in [1.29, 1.82) is 0 Å². The molecule has 5 nitrogen and oxygen atoms in total. The van der Waals surface area contributed by atoms with Gasteiger partial charge in [0.25, 0.3) is 5.91 Å². The highest BCUT2D eigenvalue weighted by atomic mass is 32.1. The van der Waals surface area contributed by atoms with E-state index in [4.69, 9.17) is 18.0 Å². The van der Waals surface area contributed by atoms with E-state index >= 15 is 0 Å². The number of primary amides is 1. The van der Waals surface area contributed by atoms with E-state index in [1.807, 2.05) is 12.1 Å². The Morgan fingerprint density at radius 3 is 2.07 bits per heavy atom. The number of hydrogen-bond acceptors (Lipinski definition) is 3. The number of unbranched alkanes of at least 4 members (excludes halogenated alkanes) is 2. The Kier molecular flexibility index (Phi) is 7.95. The van der Waals surface area contributed by atoms with Crippen LogP contribution in [0.1, 0.15) is 48.5 Å². The first-order valence-corrected chi connectivity index (χ1v) is 9.47. The molecule has 2 aromatic rings. The number of carbonyl (C=O) groups is 2. The fourth-order valence-corrected chi connectivity index (χ4v) is 2.85. The lowest BCUT2D eigenvalue weighted by Crippen LogP contribution is -2.42. The third-order valence-electron chi connectivity index (χ3n) is 4.15. The zero-order valence-corrected chi connectivity index (χ0v) is 16.3. The van der Waals surface area contributed by atoms with Crippen LogP contribution in [-0.4, -0.2) is 16.8 Å². The van der Waals surface area contributed by atoms with Crippen LogP contribution in [0.2, 0.25) is 0 Å². The zero-order chi connectivity index (χ0) is 19.6. The molecule has 2 amide bonds. The van der Waals surface area contributed by atoms with Gasteiger partial charge >= 0.3 is 0 Å². The lowest BCUT2D eigenvalue weighted by Gasteiger charge is -2.09. The van der Waals surface area contributed by atoms with Gasteiger partial charge in [0, 0.05) is 5.56 Å². The fraction of sp³-hybridized carbons (Fsp3) is 0.286. The summed E-state index contributed by atoms with van der Waals surface area (Å²) in [6.07, 6.45) is 4.70. The molecule has 0 bridgehead atoms. The maximum Gasteiger partial charge on any atom is 0.269 e. The third-order valence-corrected chi connectivity index (χ3v) is 4.40. The van der Waals surface area contributed by atoms with Crippen molar-refractivity contribution >= 4 is 29.0 Å². The summed E-state index contributed by atoms with van der Waals surface area (Å²) in [7, 11) is 0. The van der Waals surface area contributed by atoms with Crippen molar-refractivity contribution in [2.75, 3.05) is 0 Å². The average molecular weight is 384 g/mol. The number of hydrazine groups is 1.